The lowest BCUT2D eigenvalue weighted by molar-refractivity contribution is 0.205. The molecule has 0 aromatic carbocycles. The Bertz CT molecular complexity index is 333. The molecular formula is C11H16ClN3O. The number of piperidine rings is 1. The second kappa shape index (κ2) is 5.46. The zero-order chi connectivity index (χ0) is 11.4. The Hall–Kier alpha value is -0.870. The van der Waals surface area contributed by atoms with Gasteiger partial charge >= 0.3 is 6.01 Å². The first kappa shape index (κ1) is 11.6. The second-order valence-electron chi connectivity index (χ2n) is 4.14. The van der Waals surface area contributed by atoms with Crippen molar-refractivity contribution in [1.82, 2.24) is 15.3 Å². The SMILES string of the molecule is Cc1cc(Cl)nc(OC[C@@H]2CCCNC2)n1. The molecule has 0 spiro atoms. The van der Waals surface area contributed by atoms with Crippen molar-refractivity contribution in [3.05, 3.63) is 16.9 Å². The maximum Gasteiger partial charge on any atom is 0.318 e. The van der Waals surface area contributed by atoms with Crippen LogP contribution in [-0.2, 0) is 0 Å². The summed E-state index contributed by atoms with van der Waals surface area (Å²) in [7, 11) is 0. The van der Waals surface area contributed by atoms with E-state index in [0.29, 0.717) is 23.7 Å². The van der Waals surface area contributed by atoms with Crippen molar-refractivity contribution in [3.8, 4) is 6.01 Å². The minimum atomic E-state index is 0.385. The number of hydrogen-bond donors (Lipinski definition) is 1. The second-order valence-corrected chi connectivity index (χ2v) is 4.53. The van der Waals surface area contributed by atoms with Crippen LogP contribution < -0.4 is 10.1 Å². The van der Waals surface area contributed by atoms with Crippen LogP contribution in [0.3, 0.4) is 0 Å². The van der Waals surface area contributed by atoms with Crippen LogP contribution in [0.15, 0.2) is 6.07 Å². The molecule has 1 atom stereocenters. The molecule has 4 nitrogen and oxygen atoms in total. The van der Waals surface area contributed by atoms with Crippen molar-refractivity contribution in [2.45, 2.75) is 19.8 Å². The van der Waals surface area contributed by atoms with Gasteiger partial charge in [-0.25, -0.2) is 4.98 Å². The van der Waals surface area contributed by atoms with E-state index in [1.807, 2.05) is 6.92 Å². The summed E-state index contributed by atoms with van der Waals surface area (Å²) < 4.78 is 5.56. The Morgan fingerprint density at radius 1 is 1.56 bits per heavy atom. The van der Waals surface area contributed by atoms with Gasteiger partial charge in [0.2, 0.25) is 0 Å². The first-order valence-corrected chi connectivity index (χ1v) is 5.96. The van der Waals surface area contributed by atoms with Crippen LogP contribution >= 0.6 is 11.6 Å². The Morgan fingerprint density at radius 2 is 2.44 bits per heavy atom. The van der Waals surface area contributed by atoms with E-state index in [1.165, 1.54) is 12.8 Å². The van der Waals surface area contributed by atoms with Gasteiger partial charge in [0.25, 0.3) is 0 Å². The van der Waals surface area contributed by atoms with Crippen LogP contribution in [0.25, 0.3) is 0 Å². The van der Waals surface area contributed by atoms with Gasteiger partial charge in [-0.2, -0.15) is 4.98 Å². The van der Waals surface area contributed by atoms with Crippen molar-refractivity contribution in [2.75, 3.05) is 19.7 Å². The molecule has 0 unspecified atom stereocenters. The summed E-state index contributed by atoms with van der Waals surface area (Å²) in [6, 6.07) is 2.10. The van der Waals surface area contributed by atoms with Gasteiger partial charge in [0.1, 0.15) is 5.15 Å². The van der Waals surface area contributed by atoms with Crippen molar-refractivity contribution in [3.63, 3.8) is 0 Å². The number of aromatic nitrogens is 2. The number of rotatable bonds is 3. The van der Waals surface area contributed by atoms with Gasteiger partial charge in [0.15, 0.2) is 0 Å². The molecule has 0 bridgehead atoms. The van der Waals surface area contributed by atoms with Crippen LogP contribution in [0.1, 0.15) is 18.5 Å². The summed E-state index contributed by atoms with van der Waals surface area (Å²) in [6.45, 7) is 4.66. The smallest absolute Gasteiger partial charge is 0.318 e. The van der Waals surface area contributed by atoms with Crippen LogP contribution in [0, 0.1) is 12.8 Å². The van der Waals surface area contributed by atoms with E-state index in [2.05, 4.69) is 15.3 Å². The van der Waals surface area contributed by atoms with E-state index in [0.717, 1.165) is 18.8 Å². The average Bonchev–Trinajstić information content (AvgIpc) is 2.27. The zero-order valence-corrected chi connectivity index (χ0v) is 10.1. The highest BCUT2D eigenvalue weighted by molar-refractivity contribution is 6.29. The molecule has 1 aliphatic rings. The zero-order valence-electron chi connectivity index (χ0n) is 9.37. The van der Waals surface area contributed by atoms with Gasteiger partial charge in [-0.05, 0) is 32.4 Å². The van der Waals surface area contributed by atoms with Crippen LogP contribution in [0.4, 0.5) is 0 Å². The summed E-state index contributed by atoms with van der Waals surface area (Å²) in [4.78, 5) is 8.21. The lowest BCUT2D eigenvalue weighted by atomic mass is 10.0. The van der Waals surface area contributed by atoms with Gasteiger partial charge in [0, 0.05) is 18.2 Å². The van der Waals surface area contributed by atoms with E-state index in [4.69, 9.17) is 16.3 Å². The molecule has 0 amide bonds. The van der Waals surface area contributed by atoms with Crippen LogP contribution in [0.5, 0.6) is 6.01 Å². The first-order chi connectivity index (χ1) is 7.74. The van der Waals surface area contributed by atoms with E-state index >= 15 is 0 Å². The van der Waals surface area contributed by atoms with Gasteiger partial charge < -0.3 is 10.1 Å². The summed E-state index contributed by atoms with van der Waals surface area (Å²) in [5, 5.41) is 3.78. The van der Waals surface area contributed by atoms with Gasteiger partial charge in [-0.1, -0.05) is 11.6 Å². The molecule has 1 N–H and O–H groups in total. The monoisotopic (exact) mass is 241 g/mol. The molecule has 16 heavy (non-hydrogen) atoms. The van der Waals surface area contributed by atoms with E-state index in [9.17, 15) is 0 Å². The molecule has 0 aliphatic carbocycles. The van der Waals surface area contributed by atoms with E-state index < -0.39 is 0 Å². The van der Waals surface area contributed by atoms with Crippen molar-refractivity contribution in [1.29, 1.82) is 0 Å². The lowest BCUT2D eigenvalue weighted by Gasteiger charge is -2.22. The minimum Gasteiger partial charge on any atom is -0.463 e. The third-order valence-corrected chi connectivity index (χ3v) is 2.84. The highest BCUT2D eigenvalue weighted by atomic mass is 35.5. The molecule has 1 fully saturated rings. The molecule has 1 aliphatic heterocycles. The Balaban J connectivity index is 1.88. The van der Waals surface area contributed by atoms with Crippen LogP contribution in [-0.4, -0.2) is 29.7 Å². The van der Waals surface area contributed by atoms with E-state index in [1.54, 1.807) is 6.07 Å². The van der Waals surface area contributed by atoms with Crippen LogP contribution in [0.2, 0.25) is 5.15 Å². The highest BCUT2D eigenvalue weighted by Gasteiger charge is 2.14. The minimum absolute atomic E-state index is 0.385. The summed E-state index contributed by atoms with van der Waals surface area (Å²) in [5.74, 6) is 0.552. The fourth-order valence-electron chi connectivity index (χ4n) is 1.83. The molecule has 5 heteroatoms. The summed E-state index contributed by atoms with van der Waals surface area (Å²) in [6.07, 6.45) is 2.41. The van der Waals surface area contributed by atoms with E-state index in [-0.39, 0.29) is 0 Å². The predicted molar refractivity (Wildman–Crippen MR) is 62.9 cm³/mol. The predicted octanol–water partition coefficient (Wildman–Crippen LogP) is 1.82. The topological polar surface area (TPSA) is 47.0 Å². The molecule has 1 aromatic heterocycles. The third-order valence-electron chi connectivity index (χ3n) is 2.65. The van der Waals surface area contributed by atoms with Crippen molar-refractivity contribution in [2.24, 2.45) is 5.92 Å². The third kappa shape index (κ3) is 3.32. The number of ether oxygens (including phenoxy) is 1. The number of halogens is 1. The largest absolute Gasteiger partial charge is 0.463 e. The fraction of sp³-hybridized carbons (Fsp3) is 0.636. The maximum atomic E-state index is 5.83. The molecule has 2 rings (SSSR count). The first-order valence-electron chi connectivity index (χ1n) is 5.59. The number of nitrogens with one attached hydrogen (secondary N) is 1. The summed E-state index contributed by atoms with van der Waals surface area (Å²) >= 11 is 5.83. The quantitative estimate of drug-likeness (QED) is 0.820. The fourth-order valence-corrected chi connectivity index (χ4v) is 2.06. The Labute approximate surface area is 100 Å². The van der Waals surface area contributed by atoms with Gasteiger partial charge in [-0.15, -0.1) is 0 Å². The molecule has 0 radical (unpaired) electrons. The lowest BCUT2D eigenvalue weighted by Crippen LogP contribution is -2.33. The molecule has 1 aromatic rings. The molecule has 1 saturated heterocycles. The number of hydrogen-bond acceptors (Lipinski definition) is 4. The number of nitrogens with zero attached hydrogens (tertiary/aromatic N) is 2. The average molecular weight is 242 g/mol. The maximum absolute atomic E-state index is 5.83. The standard InChI is InChI=1S/C11H16ClN3O/c1-8-5-10(12)15-11(14-8)16-7-9-3-2-4-13-6-9/h5,9,13H,2-4,6-7H2,1H3/t9-/m1/s1. The normalized spacial score (nSPS) is 20.8. The van der Waals surface area contributed by atoms with Gasteiger partial charge in [-0.3, -0.25) is 0 Å². The number of aryl methyl sites for hydroxylation is 1. The molecule has 0 saturated carbocycles. The highest BCUT2D eigenvalue weighted by Crippen LogP contribution is 2.14. The van der Waals surface area contributed by atoms with Crippen molar-refractivity contribution < 1.29 is 4.74 Å². The summed E-state index contributed by atoms with van der Waals surface area (Å²) in [5.41, 5.74) is 0.830. The molecule has 88 valence electrons. The van der Waals surface area contributed by atoms with Gasteiger partial charge in [0.05, 0.1) is 6.61 Å². The Morgan fingerprint density at radius 3 is 3.12 bits per heavy atom. The van der Waals surface area contributed by atoms with Crippen molar-refractivity contribution >= 4 is 11.6 Å². The Kier molecular flexibility index (Phi) is 3.96. The molecule has 2 heterocycles. The molecular weight excluding hydrogens is 226 g/mol.